The second-order valence-corrected chi connectivity index (χ2v) is 6.92. The highest BCUT2D eigenvalue weighted by molar-refractivity contribution is 9.10. The number of unbranched alkanes of at least 4 members (excludes halogenated alkanes) is 1. The predicted molar refractivity (Wildman–Crippen MR) is 107 cm³/mol. The van der Waals surface area contributed by atoms with Gasteiger partial charge in [0.2, 0.25) is 0 Å². The van der Waals surface area contributed by atoms with Gasteiger partial charge >= 0.3 is 0 Å². The molecule has 2 N–H and O–H groups in total. The van der Waals surface area contributed by atoms with E-state index in [1.54, 1.807) is 36.4 Å². The van der Waals surface area contributed by atoms with Crippen LogP contribution < -0.4 is 20.3 Å². The Hall–Kier alpha value is -2.25. The van der Waals surface area contributed by atoms with Gasteiger partial charge in [0, 0.05) is 10.0 Å². The summed E-state index contributed by atoms with van der Waals surface area (Å²) in [5, 5.41) is 0.278. The minimum atomic E-state index is -0.527. The maximum absolute atomic E-state index is 12.3. The zero-order chi connectivity index (χ0) is 19.8. The van der Waals surface area contributed by atoms with Gasteiger partial charge in [-0.05, 0) is 42.8 Å². The normalized spacial score (nSPS) is 10.2. The van der Waals surface area contributed by atoms with Gasteiger partial charge in [0.05, 0.1) is 24.3 Å². The third kappa shape index (κ3) is 5.87. The monoisotopic (exact) mass is 454 g/mol. The largest absolute Gasteiger partial charge is 0.493 e. The number of carbonyl (C=O) groups is 2. The summed E-state index contributed by atoms with van der Waals surface area (Å²) in [6, 6.07) is 9.68. The Bertz CT molecular complexity index is 829. The molecule has 27 heavy (non-hydrogen) atoms. The maximum atomic E-state index is 12.3. The molecule has 8 heteroatoms. The van der Waals surface area contributed by atoms with E-state index in [1.165, 1.54) is 7.11 Å². The Morgan fingerprint density at radius 1 is 1.07 bits per heavy atom. The van der Waals surface area contributed by atoms with Gasteiger partial charge in [-0.25, -0.2) is 0 Å². The molecule has 2 aromatic carbocycles. The summed E-state index contributed by atoms with van der Waals surface area (Å²) in [7, 11) is 1.50. The lowest BCUT2D eigenvalue weighted by molar-refractivity contribution is 0.0846. The first-order valence-electron chi connectivity index (χ1n) is 8.32. The first kappa shape index (κ1) is 21.1. The molecule has 2 rings (SSSR count). The second-order valence-electron chi connectivity index (χ2n) is 5.60. The van der Waals surface area contributed by atoms with Gasteiger partial charge in [0.25, 0.3) is 11.8 Å². The summed E-state index contributed by atoms with van der Waals surface area (Å²) in [4.78, 5) is 24.5. The molecule has 0 saturated heterocycles. The number of nitrogens with one attached hydrogen (secondary N) is 2. The first-order valence-corrected chi connectivity index (χ1v) is 9.50. The number of amides is 2. The van der Waals surface area contributed by atoms with Gasteiger partial charge in [-0.1, -0.05) is 40.9 Å². The number of hydrazine groups is 1. The molecule has 0 aliphatic heterocycles. The van der Waals surface area contributed by atoms with Crippen LogP contribution in [0.2, 0.25) is 5.02 Å². The van der Waals surface area contributed by atoms with Crippen LogP contribution in [0.4, 0.5) is 0 Å². The fourth-order valence-corrected chi connectivity index (χ4v) is 2.74. The third-order valence-corrected chi connectivity index (χ3v) is 4.47. The Morgan fingerprint density at radius 3 is 2.52 bits per heavy atom. The molecular weight excluding hydrogens is 436 g/mol. The lowest BCUT2D eigenvalue weighted by Gasteiger charge is -2.13. The molecule has 0 aliphatic carbocycles. The van der Waals surface area contributed by atoms with E-state index in [1.807, 2.05) is 0 Å². The predicted octanol–water partition coefficient (Wildman–Crippen LogP) is 4.36. The van der Waals surface area contributed by atoms with E-state index in [-0.39, 0.29) is 10.6 Å². The Kier molecular flexibility index (Phi) is 7.94. The SMILES string of the molecule is CCCCOc1ccc(C(=O)NNC(=O)c2cc(Br)ccc2Cl)cc1OC. The van der Waals surface area contributed by atoms with Gasteiger partial charge in [-0.15, -0.1) is 0 Å². The molecule has 0 spiro atoms. The van der Waals surface area contributed by atoms with E-state index in [9.17, 15) is 9.59 Å². The highest BCUT2D eigenvalue weighted by atomic mass is 79.9. The van der Waals surface area contributed by atoms with Crippen molar-refractivity contribution < 1.29 is 19.1 Å². The minimum Gasteiger partial charge on any atom is -0.493 e. The molecule has 0 radical (unpaired) electrons. The smallest absolute Gasteiger partial charge is 0.271 e. The van der Waals surface area contributed by atoms with Crippen molar-refractivity contribution in [2.24, 2.45) is 0 Å². The number of benzene rings is 2. The molecule has 2 aromatic rings. The Labute approximate surface area is 171 Å². The van der Waals surface area contributed by atoms with E-state index < -0.39 is 11.8 Å². The van der Waals surface area contributed by atoms with Gasteiger partial charge in [-0.2, -0.15) is 0 Å². The zero-order valence-corrected chi connectivity index (χ0v) is 17.3. The van der Waals surface area contributed by atoms with Crippen LogP contribution in [-0.2, 0) is 0 Å². The minimum absolute atomic E-state index is 0.239. The van der Waals surface area contributed by atoms with Crippen LogP contribution in [0, 0.1) is 0 Å². The van der Waals surface area contributed by atoms with Crippen molar-refractivity contribution in [2.45, 2.75) is 19.8 Å². The standard InChI is InChI=1S/C19H20BrClN2O4/c1-3-4-9-27-16-8-5-12(10-17(16)26-2)18(24)22-23-19(25)14-11-13(20)6-7-15(14)21/h5-8,10-11H,3-4,9H2,1-2H3,(H,22,24)(H,23,25). The quantitative estimate of drug-likeness (QED) is 0.480. The number of rotatable bonds is 7. The second kappa shape index (κ2) is 10.2. The fraction of sp³-hybridized carbons (Fsp3) is 0.263. The molecular formula is C19H20BrClN2O4. The van der Waals surface area contributed by atoms with E-state index in [4.69, 9.17) is 21.1 Å². The molecule has 0 unspecified atom stereocenters. The third-order valence-electron chi connectivity index (χ3n) is 3.64. The molecule has 0 atom stereocenters. The molecule has 0 fully saturated rings. The molecule has 2 amide bonds. The number of ether oxygens (including phenoxy) is 2. The van der Waals surface area contributed by atoms with Crippen LogP contribution in [0.15, 0.2) is 40.9 Å². The van der Waals surface area contributed by atoms with Crippen molar-refractivity contribution in [2.75, 3.05) is 13.7 Å². The topological polar surface area (TPSA) is 76.7 Å². The van der Waals surface area contributed by atoms with Crippen molar-refractivity contribution in [1.82, 2.24) is 10.9 Å². The highest BCUT2D eigenvalue weighted by Crippen LogP contribution is 2.28. The van der Waals surface area contributed by atoms with Crippen LogP contribution in [-0.4, -0.2) is 25.5 Å². The van der Waals surface area contributed by atoms with Gasteiger partial charge in [-0.3, -0.25) is 20.4 Å². The van der Waals surface area contributed by atoms with Crippen LogP contribution in [0.5, 0.6) is 11.5 Å². The van der Waals surface area contributed by atoms with Crippen molar-refractivity contribution in [3.63, 3.8) is 0 Å². The molecule has 0 aromatic heterocycles. The summed E-state index contributed by atoms with van der Waals surface area (Å²) in [6.45, 7) is 2.64. The molecule has 0 heterocycles. The highest BCUT2D eigenvalue weighted by Gasteiger charge is 2.14. The molecule has 6 nitrogen and oxygen atoms in total. The lowest BCUT2D eigenvalue weighted by atomic mass is 10.2. The summed E-state index contributed by atoms with van der Waals surface area (Å²) < 4.78 is 11.6. The molecule has 0 saturated carbocycles. The summed E-state index contributed by atoms with van der Waals surface area (Å²) in [5.74, 6) is -0.0124. The van der Waals surface area contributed by atoms with E-state index >= 15 is 0 Å². The Balaban J connectivity index is 2.03. The van der Waals surface area contributed by atoms with Crippen LogP contribution in [0.1, 0.15) is 40.5 Å². The number of carbonyl (C=O) groups excluding carboxylic acids is 2. The van der Waals surface area contributed by atoms with Gasteiger partial charge in [0.1, 0.15) is 0 Å². The fourth-order valence-electron chi connectivity index (χ4n) is 2.18. The summed E-state index contributed by atoms with van der Waals surface area (Å²) in [6.07, 6.45) is 1.94. The van der Waals surface area contributed by atoms with Crippen LogP contribution in [0.25, 0.3) is 0 Å². The number of hydrogen-bond donors (Lipinski definition) is 2. The average molecular weight is 456 g/mol. The van der Waals surface area contributed by atoms with E-state index in [2.05, 4.69) is 33.7 Å². The van der Waals surface area contributed by atoms with Gasteiger partial charge in [0.15, 0.2) is 11.5 Å². The Morgan fingerprint density at radius 2 is 1.81 bits per heavy atom. The molecule has 0 aliphatic rings. The average Bonchev–Trinajstić information content (AvgIpc) is 2.68. The zero-order valence-electron chi connectivity index (χ0n) is 15.0. The number of methoxy groups -OCH3 is 1. The van der Waals surface area contributed by atoms with Crippen LogP contribution in [0.3, 0.4) is 0 Å². The van der Waals surface area contributed by atoms with Crippen molar-refractivity contribution >= 4 is 39.3 Å². The van der Waals surface area contributed by atoms with Crippen molar-refractivity contribution in [3.8, 4) is 11.5 Å². The molecule has 0 bridgehead atoms. The van der Waals surface area contributed by atoms with Crippen molar-refractivity contribution in [3.05, 3.63) is 57.0 Å². The molecule has 144 valence electrons. The first-order chi connectivity index (χ1) is 13.0. The summed E-state index contributed by atoms with van der Waals surface area (Å²) in [5.41, 5.74) is 5.26. The number of halogens is 2. The van der Waals surface area contributed by atoms with Crippen molar-refractivity contribution in [1.29, 1.82) is 0 Å². The maximum Gasteiger partial charge on any atom is 0.271 e. The van der Waals surface area contributed by atoms with Gasteiger partial charge < -0.3 is 9.47 Å². The van der Waals surface area contributed by atoms with E-state index in [0.717, 1.165) is 12.8 Å². The number of hydrogen-bond acceptors (Lipinski definition) is 4. The summed E-state index contributed by atoms with van der Waals surface area (Å²) >= 11 is 9.28. The lowest BCUT2D eigenvalue weighted by Crippen LogP contribution is -2.41. The van der Waals surface area contributed by atoms with E-state index in [0.29, 0.717) is 28.1 Å². The van der Waals surface area contributed by atoms with Crippen LogP contribution >= 0.6 is 27.5 Å².